The molecule has 0 spiro atoms. The Labute approximate surface area is 108 Å². The van der Waals surface area contributed by atoms with Gasteiger partial charge in [0.15, 0.2) is 6.23 Å². The van der Waals surface area contributed by atoms with E-state index in [0.29, 0.717) is 16.5 Å². The van der Waals surface area contributed by atoms with E-state index in [0.717, 1.165) is 11.5 Å². The van der Waals surface area contributed by atoms with Gasteiger partial charge in [0.2, 0.25) is 5.13 Å². The monoisotopic (exact) mass is 273 g/mol. The summed E-state index contributed by atoms with van der Waals surface area (Å²) in [5.41, 5.74) is 0.348. The second-order valence-corrected chi connectivity index (χ2v) is 5.25. The van der Waals surface area contributed by atoms with Crippen molar-refractivity contribution in [3.63, 3.8) is 0 Å². The molecule has 1 aliphatic rings. The molecule has 0 aromatic carbocycles. The van der Waals surface area contributed by atoms with Crippen molar-refractivity contribution < 1.29 is 9.90 Å². The fourth-order valence-electron chi connectivity index (χ4n) is 1.45. The number of anilines is 1. The highest BCUT2D eigenvalue weighted by Crippen LogP contribution is 2.33. The van der Waals surface area contributed by atoms with Crippen LogP contribution < -0.4 is 4.90 Å². The Hall–Kier alpha value is -0.980. The number of halogens is 1. The smallest absolute Gasteiger partial charge is 0.259 e. The van der Waals surface area contributed by atoms with Gasteiger partial charge in [-0.25, -0.2) is 4.98 Å². The van der Waals surface area contributed by atoms with Crippen molar-refractivity contribution in [1.82, 2.24) is 9.36 Å². The second-order valence-electron chi connectivity index (χ2n) is 4.11. The van der Waals surface area contributed by atoms with Crippen LogP contribution in [-0.4, -0.2) is 26.6 Å². The highest BCUT2D eigenvalue weighted by Gasteiger charge is 2.38. The summed E-state index contributed by atoms with van der Waals surface area (Å²) in [4.78, 5) is 17.3. The van der Waals surface area contributed by atoms with Crippen molar-refractivity contribution in [2.75, 3.05) is 4.90 Å². The van der Waals surface area contributed by atoms with Crippen LogP contribution in [0.1, 0.15) is 32.5 Å². The molecule has 0 bridgehead atoms. The zero-order valence-electron chi connectivity index (χ0n) is 9.64. The average Bonchev–Trinajstić information content (AvgIpc) is 2.81. The lowest BCUT2D eigenvalue weighted by atomic mass is 10.2. The number of aromatic nitrogens is 2. The number of carbonyl (C=O) groups excluding carboxylic acids is 1. The standard InChI is InChI=1S/C10H12ClN3O2S/c1-4(2)7-12-10(17-13-7)14-8(15)5(3)6(11)9(14)16/h4,9,16H,1-3H3. The van der Waals surface area contributed by atoms with Crippen molar-refractivity contribution in [3.05, 3.63) is 16.4 Å². The van der Waals surface area contributed by atoms with Crippen LogP contribution in [-0.2, 0) is 4.79 Å². The summed E-state index contributed by atoms with van der Waals surface area (Å²) in [5, 5.41) is 10.4. The minimum atomic E-state index is -1.14. The molecule has 0 saturated carbocycles. The molecule has 0 saturated heterocycles. The van der Waals surface area contributed by atoms with Crippen LogP contribution in [0.2, 0.25) is 0 Å². The Morgan fingerprint density at radius 2 is 2.18 bits per heavy atom. The molecule has 0 aliphatic carbocycles. The number of amides is 1. The summed E-state index contributed by atoms with van der Waals surface area (Å²) in [7, 11) is 0. The summed E-state index contributed by atoms with van der Waals surface area (Å²) < 4.78 is 4.14. The Bertz CT molecular complexity index is 497. The minimum absolute atomic E-state index is 0.149. The molecule has 7 heteroatoms. The van der Waals surface area contributed by atoms with Crippen LogP contribution in [0, 0.1) is 0 Å². The number of carbonyl (C=O) groups is 1. The van der Waals surface area contributed by atoms with Gasteiger partial charge in [0.25, 0.3) is 5.91 Å². The largest absolute Gasteiger partial charge is 0.368 e. The molecule has 5 nitrogen and oxygen atoms in total. The summed E-state index contributed by atoms with van der Waals surface area (Å²) in [6.45, 7) is 5.51. The van der Waals surface area contributed by atoms with Gasteiger partial charge in [-0.15, -0.1) is 0 Å². The summed E-state index contributed by atoms with van der Waals surface area (Å²) in [6, 6.07) is 0. The fraction of sp³-hybridized carbons (Fsp3) is 0.500. The number of rotatable bonds is 2. The molecule has 92 valence electrons. The zero-order chi connectivity index (χ0) is 12.7. The molecule has 1 aromatic rings. The van der Waals surface area contributed by atoms with E-state index in [1.165, 1.54) is 4.90 Å². The van der Waals surface area contributed by atoms with E-state index in [1.54, 1.807) is 6.92 Å². The molecule has 0 radical (unpaired) electrons. The summed E-state index contributed by atoms with van der Waals surface area (Å²) >= 11 is 6.93. The van der Waals surface area contributed by atoms with Gasteiger partial charge < -0.3 is 5.11 Å². The number of aliphatic hydroxyl groups excluding tert-OH is 1. The average molecular weight is 274 g/mol. The Balaban J connectivity index is 2.33. The number of nitrogens with zero attached hydrogens (tertiary/aromatic N) is 3. The lowest BCUT2D eigenvalue weighted by Gasteiger charge is -2.17. The van der Waals surface area contributed by atoms with Gasteiger partial charge in [0.05, 0.1) is 5.03 Å². The molecular weight excluding hydrogens is 262 g/mol. The van der Waals surface area contributed by atoms with Gasteiger partial charge in [-0.05, 0) is 6.92 Å². The van der Waals surface area contributed by atoms with Gasteiger partial charge in [-0.1, -0.05) is 25.4 Å². The van der Waals surface area contributed by atoms with E-state index in [1.807, 2.05) is 13.8 Å². The van der Waals surface area contributed by atoms with Crippen LogP contribution >= 0.6 is 23.1 Å². The molecular formula is C10H12ClN3O2S. The predicted molar refractivity (Wildman–Crippen MR) is 66.0 cm³/mol. The lowest BCUT2D eigenvalue weighted by Crippen LogP contribution is -2.34. The van der Waals surface area contributed by atoms with Crippen LogP contribution in [0.5, 0.6) is 0 Å². The fourth-order valence-corrected chi connectivity index (χ4v) is 2.46. The highest BCUT2D eigenvalue weighted by atomic mass is 35.5. The van der Waals surface area contributed by atoms with Crippen LogP contribution in [0.25, 0.3) is 0 Å². The van der Waals surface area contributed by atoms with Crippen molar-refractivity contribution in [1.29, 1.82) is 0 Å². The van der Waals surface area contributed by atoms with Crippen LogP contribution in [0.15, 0.2) is 10.6 Å². The molecule has 2 heterocycles. The third kappa shape index (κ3) is 1.96. The van der Waals surface area contributed by atoms with E-state index in [9.17, 15) is 9.90 Å². The van der Waals surface area contributed by atoms with Crippen LogP contribution in [0.3, 0.4) is 0 Å². The first-order valence-electron chi connectivity index (χ1n) is 5.15. The Kier molecular flexibility index (Phi) is 3.20. The third-order valence-corrected chi connectivity index (χ3v) is 3.73. The van der Waals surface area contributed by atoms with E-state index in [-0.39, 0.29) is 16.9 Å². The van der Waals surface area contributed by atoms with Crippen molar-refractivity contribution in [2.45, 2.75) is 32.9 Å². The molecule has 1 amide bonds. The highest BCUT2D eigenvalue weighted by molar-refractivity contribution is 7.10. The van der Waals surface area contributed by atoms with E-state index in [2.05, 4.69) is 9.36 Å². The van der Waals surface area contributed by atoms with E-state index < -0.39 is 6.23 Å². The Morgan fingerprint density at radius 3 is 2.59 bits per heavy atom. The van der Waals surface area contributed by atoms with Gasteiger partial charge in [0.1, 0.15) is 5.82 Å². The first-order valence-corrected chi connectivity index (χ1v) is 6.30. The SMILES string of the molecule is CC1=C(Cl)C(O)N(c2nc(C(C)C)ns2)C1=O. The number of hydrogen-bond acceptors (Lipinski definition) is 5. The van der Waals surface area contributed by atoms with E-state index >= 15 is 0 Å². The predicted octanol–water partition coefficient (Wildman–Crippen LogP) is 1.84. The summed E-state index contributed by atoms with van der Waals surface area (Å²) in [6.07, 6.45) is -1.14. The minimum Gasteiger partial charge on any atom is -0.368 e. The molecule has 1 aliphatic heterocycles. The number of aliphatic hydroxyl groups is 1. The van der Waals surface area contributed by atoms with Crippen molar-refractivity contribution >= 4 is 34.2 Å². The van der Waals surface area contributed by atoms with Crippen molar-refractivity contribution in [3.8, 4) is 0 Å². The maximum Gasteiger partial charge on any atom is 0.259 e. The molecule has 1 aromatic heterocycles. The molecule has 1 unspecified atom stereocenters. The first kappa shape index (κ1) is 12.5. The normalized spacial score (nSPS) is 20.9. The molecule has 1 atom stereocenters. The van der Waals surface area contributed by atoms with Gasteiger partial charge >= 0.3 is 0 Å². The van der Waals surface area contributed by atoms with Crippen molar-refractivity contribution in [2.24, 2.45) is 0 Å². The molecule has 2 rings (SSSR count). The second kappa shape index (κ2) is 4.36. The zero-order valence-corrected chi connectivity index (χ0v) is 11.2. The van der Waals surface area contributed by atoms with Crippen LogP contribution in [0.4, 0.5) is 5.13 Å². The quantitative estimate of drug-likeness (QED) is 0.893. The summed E-state index contributed by atoms with van der Waals surface area (Å²) in [5.74, 6) is 0.513. The lowest BCUT2D eigenvalue weighted by molar-refractivity contribution is -0.115. The van der Waals surface area contributed by atoms with Gasteiger partial charge in [0, 0.05) is 23.0 Å². The number of hydrogen-bond donors (Lipinski definition) is 1. The van der Waals surface area contributed by atoms with Gasteiger partial charge in [-0.3, -0.25) is 9.69 Å². The first-order chi connectivity index (χ1) is 7.93. The van der Waals surface area contributed by atoms with Gasteiger partial charge in [-0.2, -0.15) is 4.37 Å². The maximum absolute atomic E-state index is 11.9. The Morgan fingerprint density at radius 1 is 1.53 bits per heavy atom. The van der Waals surface area contributed by atoms with E-state index in [4.69, 9.17) is 11.6 Å². The molecule has 1 N–H and O–H groups in total. The third-order valence-electron chi connectivity index (χ3n) is 2.52. The molecule has 0 fully saturated rings. The maximum atomic E-state index is 11.9. The topological polar surface area (TPSA) is 66.3 Å². The molecule has 17 heavy (non-hydrogen) atoms.